The summed E-state index contributed by atoms with van der Waals surface area (Å²) >= 11 is 0. The van der Waals surface area contributed by atoms with E-state index < -0.39 is 5.41 Å². The average Bonchev–Trinajstić information content (AvgIpc) is 3.00. The molecule has 128 valence electrons. The largest absolute Gasteiger partial charge is 0.341 e. The lowest BCUT2D eigenvalue weighted by atomic mass is 9.78. The molecule has 0 bridgehead atoms. The molecule has 1 spiro atoms. The molecular weight excluding hydrogens is 307 g/mol. The second-order valence-corrected chi connectivity index (χ2v) is 6.76. The number of hydrogen-bond acceptors (Lipinski definition) is 2. The van der Waals surface area contributed by atoms with Gasteiger partial charge in [-0.15, -0.1) is 6.58 Å². The minimum Gasteiger partial charge on any atom is -0.341 e. The van der Waals surface area contributed by atoms with Crippen molar-refractivity contribution < 1.29 is 14.0 Å². The van der Waals surface area contributed by atoms with Crippen molar-refractivity contribution in [2.45, 2.75) is 32.2 Å². The second kappa shape index (κ2) is 6.75. The van der Waals surface area contributed by atoms with Gasteiger partial charge in [-0.05, 0) is 25.3 Å². The third-order valence-corrected chi connectivity index (χ3v) is 5.17. The van der Waals surface area contributed by atoms with Crippen LogP contribution in [0.15, 0.2) is 36.9 Å². The Bertz CT molecular complexity index is 661. The molecule has 0 aliphatic carbocycles. The quantitative estimate of drug-likeness (QED) is 0.797. The van der Waals surface area contributed by atoms with Crippen molar-refractivity contribution >= 4 is 11.8 Å². The molecule has 5 heteroatoms. The minimum absolute atomic E-state index is 0.0286. The maximum absolute atomic E-state index is 13.9. The van der Waals surface area contributed by atoms with Crippen LogP contribution in [0.2, 0.25) is 0 Å². The van der Waals surface area contributed by atoms with E-state index in [1.54, 1.807) is 34.1 Å². The lowest BCUT2D eigenvalue weighted by Gasteiger charge is -2.39. The van der Waals surface area contributed by atoms with E-state index in [1.165, 1.54) is 6.07 Å². The molecule has 2 saturated heterocycles. The summed E-state index contributed by atoms with van der Waals surface area (Å²) in [6.07, 6.45) is 4.30. The minimum atomic E-state index is -0.486. The van der Waals surface area contributed by atoms with Crippen molar-refractivity contribution in [1.29, 1.82) is 0 Å². The first-order valence-corrected chi connectivity index (χ1v) is 8.47. The van der Waals surface area contributed by atoms with Gasteiger partial charge < -0.3 is 9.80 Å². The molecule has 0 N–H and O–H groups in total. The molecule has 0 saturated carbocycles. The van der Waals surface area contributed by atoms with Crippen molar-refractivity contribution in [3.63, 3.8) is 0 Å². The lowest BCUT2D eigenvalue weighted by Crippen LogP contribution is -2.50. The number of piperidine rings is 1. The van der Waals surface area contributed by atoms with Gasteiger partial charge in [0.1, 0.15) is 5.82 Å². The van der Waals surface area contributed by atoms with Crippen molar-refractivity contribution in [2.24, 2.45) is 5.41 Å². The number of halogens is 1. The first-order valence-electron chi connectivity index (χ1n) is 8.47. The molecule has 4 nitrogen and oxygen atoms in total. The Labute approximate surface area is 141 Å². The van der Waals surface area contributed by atoms with E-state index >= 15 is 0 Å². The molecule has 2 aliphatic heterocycles. The SMILES string of the molecule is C=CCC(=O)N1CC[C@]2(CCCN(Cc3ccccc3F)C2=O)C1. The Kier molecular flexibility index (Phi) is 4.69. The fraction of sp³-hybridized carbons (Fsp3) is 0.474. The number of likely N-dealkylation sites (tertiary alicyclic amines) is 2. The van der Waals surface area contributed by atoms with Crippen LogP contribution in [-0.2, 0) is 16.1 Å². The van der Waals surface area contributed by atoms with Crippen LogP contribution >= 0.6 is 0 Å². The van der Waals surface area contributed by atoms with Crippen LogP contribution < -0.4 is 0 Å². The van der Waals surface area contributed by atoms with E-state index in [-0.39, 0.29) is 17.6 Å². The highest BCUT2D eigenvalue weighted by Gasteiger charge is 2.49. The molecule has 1 atom stereocenters. The lowest BCUT2D eigenvalue weighted by molar-refractivity contribution is -0.146. The standard InChI is InChI=1S/C19H23FN2O2/c1-2-6-17(23)22-12-10-19(14-22)9-5-11-21(18(19)24)13-15-7-3-4-8-16(15)20/h2-4,7-8H,1,5-6,9-14H2/t19-/m1/s1. The molecule has 24 heavy (non-hydrogen) atoms. The molecule has 1 aromatic rings. The number of hydrogen-bond donors (Lipinski definition) is 0. The third kappa shape index (κ3) is 3.07. The molecule has 1 aromatic carbocycles. The highest BCUT2D eigenvalue weighted by Crippen LogP contribution is 2.40. The van der Waals surface area contributed by atoms with Crippen LogP contribution in [0.4, 0.5) is 4.39 Å². The summed E-state index contributed by atoms with van der Waals surface area (Å²) < 4.78 is 13.9. The van der Waals surface area contributed by atoms with Gasteiger partial charge in [-0.3, -0.25) is 9.59 Å². The van der Waals surface area contributed by atoms with Gasteiger partial charge in [-0.2, -0.15) is 0 Å². The van der Waals surface area contributed by atoms with Gasteiger partial charge >= 0.3 is 0 Å². The van der Waals surface area contributed by atoms with Crippen LogP contribution in [0.3, 0.4) is 0 Å². The van der Waals surface area contributed by atoms with Gasteiger partial charge in [0.15, 0.2) is 0 Å². The normalized spacial score (nSPS) is 23.8. The van der Waals surface area contributed by atoms with Crippen LogP contribution in [-0.4, -0.2) is 41.2 Å². The van der Waals surface area contributed by atoms with Gasteiger partial charge in [0.25, 0.3) is 0 Å². The number of rotatable bonds is 4. The number of benzene rings is 1. The summed E-state index contributed by atoms with van der Waals surface area (Å²) in [5.74, 6) is -0.189. The topological polar surface area (TPSA) is 40.6 Å². The zero-order valence-corrected chi connectivity index (χ0v) is 13.8. The molecule has 2 heterocycles. The second-order valence-electron chi connectivity index (χ2n) is 6.76. The Balaban J connectivity index is 1.73. The van der Waals surface area contributed by atoms with Crippen LogP contribution in [0.1, 0.15) is 31.2 Å². The first-order chi connectivity index (χ1) is 11.6. The van der Waals surface area contributed by atoms with E-state index in [4.69, 9.17) is 0 Å². The zero-order chi connectivity index (χ0) is 17.2. The van der Waals surface area contributed by atoms with Crippen LogP contribution in [0.25, 0.3) is 0 Å². The molecule has 0 radical (unpaired) electrons. The Morgan fingerprint density at radius 1 is 1.29 bits per heavy atom. The van der Waals surface area contributed by atoms with Gasteiger partial charge in [0.2, 0.25) is 11.8 Å². The zero-order valence-electron chi connectivity index (χ0n) is 13.8. The summed E-state index contributed by atoms with van der Waals surface area (Å²) in [4.78, 5) is 28.6. The maximum atomic E-state index is 13.9. The van der Waals surface area contributed by atoms with E-state index in [0.717, 1.165) is 12.8 Å². The van der Waals surface area contributed by atoms with Crippen LogP contribution in [0, 0.1) is 11.2 Å². The number of amides is 2. The molecule has 0 aromatic heterocycles. The smallest absolute Gasteiger partial charge is 0.230 e. The van der Waals surface area contributed by atoms with Gasteiger partial charge in [0, 0.05) is 38.2 Å². The van der Waals surface area contributed by atoms with E-state index in [2.05, 4.69) is 6.58 Å². The van der Waals surface area contributed by atoms with Crippen molar-refractivity contribution in [1.82, 2.24) is 9.80 Å². The summed E-state index contributed by atoms with van der Waals surface area (Å²) in [5, 5.41) is 0. The summed E-state index contributed by atoms with van der Waals surface area (Å²) in [5.41, 5.74) is 0.0563. The van der Waals surface area contributed by atoms with E-state index in [9.17, 15) is 14.0 Å². The monoisotopic (exact) mass is 330 g/mol. The van der Waals surface area contributed by atoms with Crippen molar-refractivity contribution in [3.05, 3.63) is 48.3 Å². The van der Waals surface area contributed by atoms with E-state index in [0.29, 0.717) is 44.6 Å². The third-order valence-electron chi connectivity index (χ3n) is 5.17. The first kappa shape index (κ1) is 16.7. The fourth-order valence-corrected chi connectivity index (χ4v) is 3.85. The maximum Gasteiger partial charge on any atom is 0.230 e. The number of carbonyl (C=O) groups is 2. The Morgan fingerprint density at radius 3 is 2.83 bits per heavy atom. The van der Waals surface area contributed by atoms with Crippen molar-refractivity contribution in [2.75, 3.05) is 19.6 Å². The Hall–Kier alpha value is -2.17. The highest BCUT2D eigenvalue weighted by atomic mass is 19.1. The Morgan fingerprint density at radius 2 is 2.08 bits per heavy atom. The number of carbonyl (C=O) groups excluding carboxylic acids is 2. The molecule has 2 aliphatic rings. The summed E-state index contributed by atoms with van der Waals surface area (Å²) in [7, 11) is 0. The molecule has 3 rings (SSSR count). The van der Waals surface area contributed by atoms with Crippen LogP contribution in [0.5, 0.6) is 0 Å². The summed E-state index contributed by atoms with van der Waals surface area (Å²) in [6, 6.07) is 6.58. The molecule has 2 amide bonds. The molecular formula is C19H23FN2O2. The predicted octanol–water partition coefficient (Wildman–Crippen LogP) is 2.74. The average molecular weight is 330 g/mol. The molecule has 2 fully saturated rings. The van der Waals surface area contributed by atoms with Gasteiger partial charge in [-0.1, -0.05) is 24.3 Å². The molecule has 0 unspecified atom stereocenters. The van der Waals surface area contributed by atoms with Gasteiger partial charge in [-0.25, -0.2) is 4.39 Å². The van der Waals surface area contributed by atoms with E-state index in [1.807, 2.05) is 0 Å². The highest BCUT2D eigenvalue weighted by molar-refractivity contribution is 5.86. The fourth-order valence-electron chi connectivity index (χ4n) is 3.85. The summed E-state index contributed by atoms with van der Waals surface area (Å²) in [6.45, 7) is 5.64. The van der Waals surface area contributed by atoms with Gasteiger partial charge in [0.05, 0.1) is 5.41 Å². The van der Waals surface area contributed by atoms with Crippen molar-refractivity contribution in [3.8, 4) is 0 Å². The predicted molar refractivity (Wildman–Crippen MR) is 89.5 cm³/mol. The number of nitrogens with zero attached hydrogens (tertiary/aromatic N) is 2.